The Morgan fingerprint density at radius 3 is 2.83 bits per heavy atom. The van der Waals surface area contributed by atoms with Gasteiger partial charge in [-0.2, -0.15) is 0 Å². The Bertz CT molecular complexity index is 852. The minimum absolute atomic E-state index is 0.203. The molecule has 5 heteroatoms. The Kier molecular flexibility index (Phi) is 4.19. The van der Waals surface area contributed by atoms with Crippen LogP contribution < -0.4 is 10.1 Å². The van der Waals surface area contributed by atoms with Crippen LogP contribution >= 0.6 is 0 Å². The predicted octanol–water partition coefficient (Wildman–Crippen LogP) is 3.77. The van der Waals surface area contributed by atoms with Crippen LogP contribution in [0.25, 0.3) is 22.0 Å². The molecule has 3 aromatic rings. The van der Waals surface area contributed by atoms with Gasteiger partial charge in [-0.3, -0.25) is 4.79 Å². The van der Waals surface area contributed by atoms with Gasteiger partial charge in [0.2, 0.25) is 5.71 Å². The van der Waals surface area contributed by atoms with Crippen molar-refractivity contribution < 1.29 is 13.9 Å². The van der Waals surface area contributed by atoms with Crippen LogP contribution in [0.3, 0.4) is 0 Å². The van der Waals surface area contributed by atoms with Crippen molar-refractivity contribution >= 4 is 27.9 Å². The summed E-state index contributed by atoms with van der Waals surface area (Å²) in [6.07, 6.45) is 0.938. The number of carbonyl (C=O) groups excluding carboxylic acids is 1. The molecule has 0 aliphatic heterocycles. The Hall–Kier alpha value is -2.56. The number of nitrogens with zero attached hydrogens (tertiary/aromatic N) is 1. The average molecular weight is 312 g/mol. The van der Waals surface area contributed by atoms with E-state index in [0.717, 1.165) is 28.5 Å². The number of hydrogen-bond acceptors (Lipinski definition) is 4. The summed E-state index contributed by atoms with van der Waals surface area (Å²) in [5, 5.41) is 4.62. The molecule has 0 saturated carbocycles. The van der Waals surface area contributed by atoms with Crippen LogP contribution in [-0.4, -0.2) is 24.5 Å². The molecule has 3 rings (SSSR count). The SMILES string of the molecule is COc1ccc2nc3oc(C(=O)NCCC(C)C)cc3cc2c1. The Labute approximate surface area is 134 Å². The molecule has 0 spiro atoms. The van der Waals surface area contributed by atoms with Gasteiger partial charge in [-0.05, 0) is 42.7 Å². The maximum Gasteiger partial charge on any atom is 0.287 e. The zero-order valence-electron chi connectivity index (χ0n) is 13.6. The number of nitrogens with one attached hydrogen (secondary N) is 1. The number of aromatic nitrogens is 1. The predicted molar refractivity (Wildman–Crippen MR) is 89.9 cm³/mol. The Morgan fingerprint density at radius 2 is 2.09 bits per heavy atom. The van der Waals surface area contributed by atoms with Crippen LogP contribution in [0.1, 0.15) is 30.8 Å². The van der Waals surface area contributed by atoms with E-state index in [4.69, 9.17) is 9.15 Å². The molecule has 0 unspecified atom stereocenters. The smallest absolute Gasteiger partial charge is 0.287 e. The van der Waals surface area contributed by atoms with Gasteiger partial charge in [0.25, 0.3) is 5.91 Å². The van der Waals surface area contributed by atoms with Gasteiger partial charge < -0.3 is 14.5 Å². The van der Waals surface area contributed by atoms with Crippen molar-refractivity contribution in [2.45, 2.75) is 20.3 Å². The molecule has 2 aromatic heterocycles. The van der Waals surface area contributed by atoms with Gasteiger partial charge in [-0.15, -0.1) is 0 Å². The topological polar surface area (TPSA) is 64.4 Å². The third kappa shape index (κ3) is 3.28. The lowest BCUT2D eigenvalue weighted by atomic mass is 10.1. The van der Waals surface area contributed by atoms with E-state index in [1.807, 2.05) is 24.3 Å². The maximum absolute atomic E-state index is 12.1. The molecule has 2 heterocycles. The van der Waals surface area contributed by atoms with Gasteiger partial charge in [0.05, 0.1) is 12.6 Å². The monoisotopic (exact) mass is 312 g/mol. The third-order valence-electron chi connectivity index (χ3n) is 3.74. The van der Waals surface area contributed by atoms with Gasteiger partial charge in [0, 0.05) is 17.3 Å². The van der Waals surface area contributed by atoms with Crippen LogP contribution in [0.15, 0.2) is 34.7 Å². The van der Waals surface area contributed by atoms with Crippen LogP contribution in [0.2, 0.25) is 0 Å². The number of pyridine rings is 1. The van der Waals surface area contributed by atoms with Gasteiger partial charge in [0.1, 0.15) is 5.75 Å². The number of furan rings is 1. The molecule has 1 N–H and O–H groups in total. The van der Waals surface area contributed by atoms with Crippen molar-refractivity contribution in [3.63, 3.8) is 0 Å². The van der Waals surface area contributed by atoms with Crippen molar-refractivity contribution in [2.24, 2.45) is 5.92 Å². The van der Waals surface area contributed by atoms with Gasteiger partial charge >= 0.3 is 0 Å². The number of benzene rings is 1. The fourth-order valence-electron chi connectivity index (χ4n) is 2.41. The summed E-state index contributed by atoms with van der Waals surface area (Å²) in [5.74, 6) is 1.41. The van der Waals surface area contributed by atoms with Crippen molar-refractivity contribution in [1.29, 1.82) is 0 Å². The number of amides is 1. The second kappa shape index (κ2) is 6.28. The van der Waals surface area contributed by atoms with E-state index in [-0.39, 0.29) is 5.91 Å². The van der Waals surface area contributed by atoms with E-state index in [2.05, 4.69) is 24.1 Å². The summed E-state index contributed by atoms with van der Waals surface area (Å²) < 4.78 is 10.8. The zero-order chi connectivity index (χ0) is 16.4. The first kappa shape index (κ1) is 15.3. The molecule has 0 atom stereocenters. The number of hydrogen-bond donors (Lipinski definition) is 1. The maximum atomic E-state index is 12.1. The second-order valence-corrected chi connectivity index (χ2v) is 5.99. The van der Waals surface area contributed by atoms with E-state index < -0.39 is 0 Å². The normalized spacial score (nSPS) is 11.3. The highest BCUT2D eigenvalue weighted by molar-refractivity contribution is 5.98. The van der Waals surface area contributed by atoms with Crippen molar-refractivity contribution in [2.75, 3.05) is 13.7 Å². The molecule has 0 radical (unpaired) electrons. The largest absolute Gasteiger partial charge is 0.497 e. The van der Waals surface area contributed by atoms with Crippen molar-refractivity contribution in [3.8, 4) is 5.75 Å². The zero-order valence-corrected chi connectivity index (χ0v) is 13.6. The molecule has 0 bridgehead atoms. The van der Waals surface area contributed by atoms with Crippen LogP contribution in [0.4, 0.5) is 0 Å². The Morgan fingerprint density at radius 1 is 1.26 bits per heavy atom. The molecule has 0 aliphatic rings. The summed E-state index contributed by atoms with van der Waals surface area (Å²) in [6.45, 7) is 4.88. The molecule has 23 heavy (non-hydrogen) atoms. The summed E-state index contributed by atoms with van der Waals surface area (Å²) in [4.78, 5) is 16.6. The first-order chi connectivity index (χ1) is 11.1. The quantitative estimate of drug-likeness (QED) is 0.779. The lowest BCUT2D eigenvalue weighted by molar-refractivity contribution is 0.0926. The number of methoxy groups -OCH3 is 1. The number of ether oxygens (including phenoxy) is 1. The summed E-state index contributed by atoms with van der Waals surface area (Å²) >= 11 is 0. The van der Waals surface area contributed by atoms with Crippen LogP contribution in [-0.2, 0) is 0 Å². The number of carbonyl (C=O) groups is 1. The summed E-state index contributed by atoms with van der Waals surface area (Å²) in [5.41, 5.74) is 1.27. The highest BCUT2D eigenvalue weighted by Crippen LogP contribution is 2.25. The molecule has 1 amide bonds. The minimum Gasteiger partial charge on any atom is -0.497 e. The first-order valence-electron chi connectivity index (χ1n) is 7.73. The van der Waals surface area contributed by atoms with Gasteiger partial charge in [0.15, 0.2) is 5.76 Å². The lowest BCUT2D eigenvalue weighted by Gasteiger charge is -2.04. The van der Waals surface area contributed by atoms with Crippen LogP contribution in [0, 0.1) is 5.92 Å². The van der Waals surface area contributed by atoms with Crippen LogP contribution in [0.5, 0.6) is 5.75 Å². The average Bonchev–Trinajstić information content (AvgIpc) is 2.94. The van der Waals surface area contributed by atoms with E-state index >= 15 is 0 Å². The fourth-order valence-corrected chi connectivity index (χ4v) is 2.41. The summed E-state index contributed by atoms with van der Waals surface area (Å²) in [7, 11) is 1.63. The molecule has 0 saturated heterocycles. The van der Waals surface area contributed by atoms with Gasteiger partial charge in [-0.25, -0.2) is 4.98 Å². The van der Waals surface area contributed by atoms with Crippen molar-refractivity contribution in [3.05, 3.63) is 36.1 Å². The van der Waals surface area contributed by atoms with E-state index in [0.29, 0.717) is 23.9 Å². The molecule has 120 valence electrons. The molecular formula is C18H20N2O3. The lowest BCUT2D eigenvalue weighted by Crippen LogP contribution is -2.24. The third-order valence-corrected chi connectivity index (χ3v) is 3.74. The standard InChI is InChI=1S/C18H20N2O3/c1-11(2)6-7-19-17(21)16-10-13-8-12-9-14(22-3)4-5-15(12)20-18(13)23-16/h4-5,8-11H,6-7H2,1-3H3,(H,19,21). The van der Waals surface area contributed by atoms with E-state index in [1.165, 1.54) is 0 Å². The number of rotatable bonds is 5. The number of fused-ring (bicyclic) bond motifs is 2. The Balaban J connectivity index is 1.88. The van der Waals surface area contributed by atoms with E-state index in [1.54, 1.807) is 13.2 Å². The molecule has 5 nitrogen and oxygen atoms in total. The highest BCUT2D eigenvalue weighted by atomic mass is 16.5. The van der Waals surface area contributed by atoms with Crippen molar-refractivity contribution in [1.82, 2.24) is 10.3 Å². The first-order valence-corrected chi connectivity index (χ1v) is 7.73. The minimum atomic E-state index is -0.203. The molecule has 1 aromatic carbocycles. The van der Waals surface area contributed by atoms with Gasteiger partial charge in [-0.1, -0.05) is 13.8 Å². The second-order valence-electron chi connectivity index (χ2n) is 5.99. The summed E-state index contributed by atoms with van der Waals surface area (Å²) in [6, 6.07) is 9.32. The molecule has 0 fully saturated rings. The molecular weight excluding hydrogens is 292 g/mol. The fraction of sp³-hybridized carbons (Fsp3) is 0.333. The molecule has 0 aliphatic carbocycles. The highest BCUT2D eigenvalue weighted by Gasteiger charge is 2.13. The van der Waals surface area contributed by atoms with E-state index in [9.17, 15) is 4.79 Å².